The van der Waals surface area contributed by atoms with Crippen LogP contribution in [0.25, 0.3) is 10.8 Å². The van der Waals surface area contributed by atoms with Crippen LogP contribution in [-0.4, -0.2) is 13.1 Å². The lowest BCUT2D eigenvalue weighted by Gasteiger charge is -2.10. The van der Waals surface area contributed by atoms with Gasteiger partial charge in [0.2, 0.25) is 0 Å². The van der Waals surface area contributed by atoms with E-state index in [-0.39, 0.29) is 0 Å². The van der Waals surface area contributed by atoms with Gasteiger partial charge in [-0.25, -0.2) is 4.57 Å². The molecule has 1 aliphatic heterocycles. The van der Waals surface area contributed by atoms with Crippen LogP contribution in [0.2, 0.25) is 0 Å². The number of rotatable bonds is 1. The minimum atomic E-state index is 0.678. The maximum absolute atomic E-state index is 3.45. The molecule has 1 N–H and O–H groups in total. The van der Waals surface area contributed by atoms with Crippen LogP contribution in [0.4, 0.5) is 0 Å². The van der Waals surface area contributed by atoms with Crippen LogP contribution in [0.5, 0.6) is 0 Å². The Morgan fingerprint density at radius 1 is 1.25 bits per heavy atom. The molecule has 1 aromatic heterocycles. The number of hydrogen-bond donors (Lipinski definition) is 1. The fourth-order valence-electron chi connectivity index (χ4n) is 2.66. The van der Waals surface area contributed by atoms with Gasteiger partial charge < -0.3 is 5.32 Å². The first-order valence-corrected chi connectivity index (χ1v) is 5.93. The molecule has 2 heteroatoms. The van der Waals surface area contributed by atoms with Gasteiger partial charge in [-0.2, -0.15) is 0 Å². The van der Waals surface area contributed by atoms with Gasteiger partial charge >= 0.3 is 0 Å². The molecule has 0 bridgehead atoms. The van der Waals surface area contributed by atoms with Crippen molar-refractivity contribution in [2.45, 2.75) is 12.3 Å². The van der Waals surface area contributed by atoms with E-state index in [1.165, 1.54) is 22.8 Å². The number of nitrogens with one attached hydrogen (secondary N) is 1. The van der Waals surface area contributed by atoms with Crippen molar-refractivity contribution >= 4 is 10.8 Å². The average molecular weight is 213 g/mol. The lowest BCUT2D eigenvalue weighted by Crippen LogP contribution is -2.28. The van der Waals surface area contributed by atoms with E-state index < -0.39 is 0 Å². The monoisotopic (exact) mass is 213 g/mol. The third-order valence-electron chi connectivity index (χ3n) is 3.46. The summed E-state index contributed by atoms with van der Waals surface area (Å²) in [6.45, 7) is 2.27. The van der Waals surface area contributed by atoms with Gasteiger partial charge in [0.1, 0.15) is 7.05 Å². The Morgan fingerprint density at radius 3 is 2.94 bits per heavy atom. The summed E-state index contributed by atoms with van der Waals surface area (Å²) in [4.78, 5) is 0. The van der Waals surface area contributed by atoms with Crippen LogP contribution >= 0.6 is 0 Å². The first-order valence-electron chi connectivity index (χ1n) is 5.93. The van der Waals surface area contributed by atoms with Gasteiger partial charge in [-0.1, -0.05) is 18.2 Å². The third-order valence-corrected chi connectivity index (χ3v) is 3.46. The standard InChI is InChI=1S/C14H17N2/c1-16-9-12-4-2-3-5-13(12)14(10-16)11-6-7-15-8-11/h2-5,9-11,15H,6-8H2,1H3/q+1. The van der Waals surface area contributed by atoms with Crippen LogP contribution in [0.3, 0.4) is 0 Å². The molecule has 3 rings (SSSR count). The normalized spacial score (nSPS) is 20.4. The molecule has 2 aromatic rings. The number of pyridine rings is 1. The van der Waals surface area contributed by atoms with E-state index in [0.29, 0.717) is 5.92 Å². The predicted molar refractivity (Wildman–Crippen MR) is 65.4 cm³/mol. The quantitative estimate of drug-likeness (QED) is 0.714. The number of benzene rings is 1. The Labute approximate surface area is 95.9 Å². The van der Waals surface area contributed by atoms with Crippen molar-refractivity contribution in [3.63, 3.8) is 0 Å². The van der Waals surface area contributed by atoms with Crippen LogP contribution in [0.1, 0.15) is 17.9 Å². The minimum absolute atomic E-state index is 0.678. The largest absolute Gasteiger partial charge is 0.316 e. The Balaban J connectivity index is 2.21. The van der Waals surface area contributed by atoms with E-state index in [0.717, 1.165) is 13.1 Å². The number of aromatic nitrogens is 1. The molecule has 0 radical (unpaired) electrons. The van der Waals surface area contributed by atoms with E-state index in [4.69, 9.17) is 0 Å². The molecule has 0 saturated carbocycles. The van der Waals surface area contributed by atoms with E-state index in [1.807, 2.05) is 0 Å². The molecule has 1 unspecified atom stereocenters. The number of nitrogens with zero attached hydrogens (tertiary/aromatic N) is 1. The second kappa shape index (κ2) is 3.87. The van der Waals surface area contributed by atoms with Crippen LogP contribution < -0.4 is 9.88 Å². The fraction of sp³-hybridized carbons (Fsp3) is 0.357. The molecule has 1 aromatic carbocycles. The molecule has 1 saturated heterocycles. The highest BCUT2D eigenvalue weighted by atomic mass is 14.9. The maximum atomic E-state index is 3.45. The smallest absolute Gasteiger partial charge is 0.176 e. The van der Waals surface area contributed by atoms with Gasteiger partial charge in [0.05, 0.1) is 0 Å². The zero-order valence-electron chi connectivity index (χ0n) is 9.61. The molecule has 0 amide bonds. The van der Waals surface area contributed by atoms with Gasteiger partial charge in [-0.05, 0) is 24.4 Å². The van der Waals surface area contributed by atoms with Crippen molar-refractivity contribution < 1.29 is 4.57 Å². The molecular formula is C14H17N2+. The highest BCUT2D eigenvalue weighted by molar-refractivity contribution is 5.84. The summed E-state index contributed by atoms with van der Waals surface area (Å²) in [5.41, 5.74) is 1.49. The van der Waals surface area contributed by atoms with E-state index in [2.05, 4.69) is 53.6 Å². The minimum Gasteiger partial charge on any atom is -0.316 e. The fourth-order valence-corrected chi connectivity index (χ4v) is 2.66. The van der Waals surface area contributed by atoms with Gasteiger partial charge in [-0.15, -0.1) is 0 Å². The van der Waals surface area contributed by atoms with Crippen LogP contribution in [0.15, 0.2) is 36.7 Å². The molecule has 82 valence electrons. The van der Waals surface area contributed by atoms with Gasteiger partial charge in [0.25, 0.3) is 0 Å². The summed E-state index contributed by atoms with van der Waals surface area (Å²) >= 11 is 0. The summed E-state index contributed by atoms with van der Waals surface area (Å²) in [7, 11) is 2.11. The molecule has 2 heterocycles. The van der Waals surface area contributed by atoms with Crippen molar-refractivity contribution in [1.29, 1.82) is 0 Å². The topological polar surface area (TPSA) is 15.9 Å². The number of hydrogen-bond acceptors (Lipinski definition) is 1. The summed E-state index contributed by atoms with van der Waals surface area (Å²) in [6, 6.07) is 8.68. The van der Waals surface area contributed by atoms with Crippen molar-refractivity contribution in [3.8, 4) is 0 Å². The van der Waals surface area contributed by atoms with E-state index in [9.17, 15) is 0 Å². The van der Waals surface area contributed by atoms with Crippen molar-refractivity contribution in [2.75, 3.05) is 13.1 Å². The molecule has 1 fully saturated rings. The maximum Gasteiger partial charge on any atom is 0.176 e. The average Bonchev–Trinajstić information content (AvgIpc) is 2.81. The lowest BCUT2D eigenvalue weighted by atomic mass is 9.95. The first kappa shape index (κ1) is 9.79. The molecule has 0 spiro atoms. The molecule has 2 nitrogen and oxygen atoms in total. The van der Waals surface area contributed by atoms with E-state index in [1.54, 1.807) is 0 Å². The highest BCUT2D eigenvalue weighted by Gasteiger charge is 2.21. The summed E-state index contributed by atoms with van der Waals surface area (Å²) in [6.07, 6.45) is 5.73. The number of fused-ring (bicyclic) bond motifs is 1. The summed E-state index contributed by atoms with van der Waals surface area (Å²) in [5, 5.41) is 6.20. The van der Waals surface area contributed by atoms with E-state index >= 15 is 0 Å². The molecule has 1 aliphatic rings. The van der Waals surface area contributed by atoms with Crippen LogP contribution in [0, 0.1) is 0 Å². The molecule has 16 heavy (non-hydrogen) atoms. The Bertz CT molecular complexity index is 513. The van der Waals surface area contributed by atoms with Crippen molar-refractivity contribution in [2.24, 2.45) is 7.05 Å². The Kier molecular flexibility index (Phi) is 2.37. The Morgan fingerprint density at radius 2 is 2.12 bits per heavy atom. The second-order valence-electron chi connectivity index (χ2n) is 4.66. The van der Waals surface area contributed by atoms with Gasteiger partial charge in [0, 0.05) is 23.4 Å². The first-order chi connectivity index (χ1) is 7.84. The predicted octanol–water partition coefficient (Wildman–Crippen LogP) is 1.74. The number of aryl methyl sites for hydroxylation is 1. The summed E-state index contributed by atoms with van der Waals surface area (Å²) < 4.78 is 2.18. The van der Waals surface area contributed by atoms with Crippen molar-refractivity contribution in [1.82, 2.24) is 5.32 Å². The Hall–Kier alpha value is -1.41. The summed E-state index contributed by atoms with van der Waals surface area (Å²) in [5.74, 6) is 0.678. The SMILES string of the molecule is C[n+]1cc(C2CCNC2)c2ccccc2c1. The molecular weight excluding hydrogens is 196 g/mol. The van der Waals surface area contributed by atoms with Gasteiger partial charge in [0.15, 0.2) is 12.4 Å². The highest BCUT2D eigenvalue weighted by Crippen LogP contribution is 2.27. The van der Waals surface area contributed by atoms with Gasteiger partial charge in [-0.3, -0.25) is 0 Å². The molecule has 1 atom stereocenters. The van der Waals surface area contributed by atoms with Crippen molar-refractivity contribution in [3.05, 3.63) is 42.2 Å². The second-order valence-corrected chi connectivity index (χ2v) is 4.66. The lowest BCUT2D eigenvalue weighted by molar-refractivity contribution is -0.670. The third kappa shape index (κ3) is 1.59. The van der Waals surface area contributed by atoms with Crippen LogP contribution in [-0.2, 0) is 7.05 Å². The molecule has 0 aliphatic carbocycles. The zero-order chi connectivity index (χ0) is 11.0. The zero-order valence-corrected chi connectivity index (χ0v) is 9.61.